The van der Waals surface area contributed by atoms with Crippen LogP contribution in [-0.2, 0) is 6.18 Å². The summed E-state index contributed by atoms with van der Waals surface area (Å²) < 4.78 is 66.3. The van der Waals surface area contributed by atoms with E-state index in [1.165, 1.54) is 0 Å². The summed E-state index contributed by atoms with van der Waals surface area (Å²) in [7, 11) is 0. The number of ether oxygens (including phenoxy) is 1. The average Bonchev–Trinajstić information content (AvgIpc) is 2.33. The van der Waals surface area contributed by atoms with E-state index < -0.39 is 36.2 Å². The highest BCUT2D eigenvalue weighted by Gasteiger charge is 2.34. The van der Waals surface area contributed by atoms with Crippen LogP contribution in [0.3, 0.4) is 0 Å². The third kappa shape index (κ3) is 3.97. The van der Waals surface area contributed by atoms with Crippen molar-refractivity contribution in [1.29, 1.82) is 0 Å². The molecular formula is C10H9F5N2O2. The molecule has 0 aliphatic carbocycles. The maximum Gasteiger partial charge on any atom is 0.417 e. The van der Waals surface area contributed by atoms with Crippen LogP contribution in [0.2, 0.25) is 0 Å². The smallest absolute Gasteiger partial charge is 0.417 e. The van der Waals surface area contributed by atoms with Crippen LogP contribution < -0.4 is 10.5 Å². The van der Waals surface area contributed by atoms with Crippen molar-refractivity contribution in [2.45, 2.75) is 12.6 Å². The molecule has 106 valence electrons. The fraction of sp³-hybridized carbons (Fsp3) is 0.300. The Labute approximate surface area is 104 Å². The van der Waals surface area contributed by atoms with E-state index in [9.17, 15) is 22.0 Å². The molecular weight excluding hydrogens is 275 g/mol. The first kappa shape index (κ1) is 15.0. The molecule has 0 unspecified atom stereocenters. The number of halogens is 5. The van der Waals surface area contributed by atoms with Crippen molar-refractivity contribution in [3.63, 3.8) is 0 Å². The van der Waals surface area contributed by atoms with Crippen LogP contribution >= 0.6 is 0 Å². The zero-order valence-corrected chi connectivity index (χ0v) is 9.29. The Morgan fingerprint density at radius 1 is 1.37 bits per heavy atom. The lowest BCUT2D eigenvalue weighted by Gasteiger charge is -2.13. The standard InChI is InChI=1S/C10H9F5N2O2/c11-8(12)4-19-5-1-2-7(10(13,14)15)6(3-5)9(16)17-18/h1-3,8,18H,4H2,(H2,16,17). The predicted molar refractivity (Wildman–Crippen MR) is 55.5 cm³/mol. The maximum absolute atomic E-state index is 12.6. The second-order valence-electron chi connectivity index (χ2n) is 3.39. The fourth-order valence-electron chi connectivity index (χ4n) is 1.29. The van der Waals surface area contributed by atoms with Crippen LogP contribution in [0, 0.1) is 0 Å². The lowest BCUT2D eigenvalue weighted by molar-refractivity contribution is -0.137. The molecule has 3 N–H and O–H groups in total. The van der Waals surface area contributed by atoms with Gasteiger partial charge in [0.05, 0.1) is 5.56 Å². The molecule has 0 fully saturated rings. The molecule has 1 aromatic carbocycles. The number of hydrogen-bond acceptors (Lipinski definition) is 3. The van der Waals surface area contributed by atoms with Crippen LogP contribution in [0.25, 0.3) is 0 Å². The minimum Gasteiger partial charge on any atom is -0.488 e. The Bertz CT molecular complexity index is 473. The molecule has 0 radical (unpaired) electrons. The Kier molecular flexibility index (Phi) is 4.52. The summed E-state index contributed by atoms with van der Waals surface area (Å²) >= 11 is 0. The quantitative estimate of drug-likeness (QED) is 0.293. The lowest BCUT2D eigenvalue weighted by Crippen LogP contribution is -2.20. The van der Waals surface area contributed by atoms with Gasteiger partial charge in [0.25, 0.3) is 6.43 Å². The molecule has 0 atom stereocenters. The van der Waals surface area contributed by atoms with Crippen LogP contribution in [0.1, 0.15) is 11.1 Å². The van der Waals surface area contributed by atoms with Gasteiger partial charge < -0.3 is 15.7 Å². The first-order chi connectivity index (χ1) is 8.75. The molecule has 0 saturated heterocycles. The number of amidine groups is 1. The summed E-state index contributed by atoms with van der Waals surface area (Å²) in [5.74, 6) is -1.04. The number of nitrogens with two attached hydrogens (primary N) is 1. The fourth-order valence-corrected chi connectivity index (χ4v) is 1.29. The molecule has 0 heterocycles. The number of hydrogen-bond donors (Lipinski definition) is 2. The van der Waals surface area contributed by atoms with E-state index in [1.54, 1.807) is 0 Å². The molecule has 9 heteroatoms. The van der Waals surface area contributed by atoms with Gasteiger partial charge in [-0.05, 0) is 18.2 Å². The van der Waals surface area contributed by atoms with Crippen molar-refractivity contribution < 1.29 is 31.9 Å². The van der Waals surface area contributed by atoms with Gasteiger partial charge in [0.1, 0.15) is 12.4 Å². The minimum atomic E-state index is -4.73. The first-order valence-electron chi connectivity index (χ1n) is 4.85. The largest absolute Gasteiger partial charge is 0.488 e. The van der Waals surface area contributed by atoms with Crippen LogP contribution in [0.4, 0.5) is 22.0 Å². The van der Waals surface area contributed by atoms with Gasteiger partial charge in [-0.15, -0.1) is 0 Å². The Morgan fingerprint density at radius 3 is 2.47 bits per heavy atom. The molecule has 19 heavy (non-hydrogen) atoms. The zero-order chi connectivity index (χ0) is 14.6. The van der Waals surface area contributed by atoms with Gasteiger partial charge in [0.2, 0.25) is 0 Å². The molecule has 0 aliphatic heterocycles. The van der Waals surface area contributed by atoms with Crippen molar-refractivity contribution in [1.82, 2.24) is 0 Å². The van der Waals surface area contributed by atoms with Crippen LogP contribution in [0.5, 0.6) is 5.75 Å². The van der Waals surface area contributed by atoms with Gasteiger partial charge in [0.15, 0.2) is 5.84 Å². The van der Waals surface area contributed by atoms with Gasteiger partial charge in [-0.25, -0.2) is 8.78 Å². The van der Waals surface area contributed by atoms with Gasteiger partial charge in [-0.3, -0.25) is 0 Å². The van der Waals surface area contributed by atoms with Gasteiger partial charge in [-0.2, -0.15) is 13.2 Å². The van der Waals surface area contributed by atoms with Crippen molar-refractivity contribution in [3.8, 4) is 5.75 Å². The van der Waals surface area contributed by atoms with Crippen molar-refractivity contribution in [2.75, 3.05) is 6.61 Å². The van der Waals surface area contributed by atoms with E-state index in [2.05, 4.69) is 9.89 Å². The highest BCUT2D eigenvalue weighted by atomic mass is 19.4. The third-order valence-electron chi connectivity index (χ3n) is 2.06. The topological polar surface area (TPSA) is 67.8 Å². The normalized spacial score (nSPS) is 12.8. The van der Waals surface area contributed by atoms with E-state index in [4.69, 9.17) is 10.9 Å². The molecule has 0 saturated carbocycles. The van der Waals surface area contributed by atoms with Crippen molar-refractivity contribution >= 4 is 5.84 Å². The summed E-state index contributed by atoms with van der Waals surface area (Å²) in [5.41, 5.74) is 3.30. The SMILES string of the molecule is N/C(=N/O)c1cc(OCC(F)F)ccc1C(F)(F)F. The Hall–Kier alpha value is -2.06. The second kappa shape index (κ2) is 5.72. The van der Waals surface area contributed by atoms with E-state index in [1.807, 2.05) is 0 Å². The highest BCUT2D eigenvalue weighted by Crippen LogP contribution is 2.33. The predicted octanol–water partition coefficient (Wildman–Crippen LogP) is 2.44. The molecule has 0 aliphatic rings. The number of rotatable bonds is 4. The molecule has 0 amide bonds. The third-order valence-corrected chi connectivity index (χ3v) is 2.06. The molecule has 0 spiro atoms. The highest BCUT2D eigenvalue weighted by molar-refractivity contribution is 5.99. The van der Waals surface area contributed by atoms with E-state index in [-0.39, 0.29) is 5.75 Å². The average molecular weight is 284 g/mol. The number of oxime groups is 1. The van der Waals surface area contributed by atoms with Crippen molar-refractivity contribution in [2.24, 2.45) is 10.9 Å². The summed E-state index contributed by atoms with van der Waals surface area (Å²) in [6, 6.07) is 2.26. The van der Waals surface area contributed by atoms with E-state index in [0.717, 1.165) is 12.1 Å². The number of benzene rings is 1. The molecule has 4 nitrogen and oxygen atoms in total. The molecule has 1 rings (SSSR count). The van der Waals surface area contributed by atoms with Crippen molar-refractivity contribution in [3.05, 3.63) is 29.3 Å². The second-order valence-corrected chi connectivity index (χ2v) is 3.39. The summed E-state index contributed by atoms with van der Waals surface area (Å²) in [5, 5.41) is 10.9. The molecule has 1 aromatic rings. The summed E-state index contributed by atoms with van der Waals surface area (Å²) in [6.45, 7) is -0.971. The number of nitrogens with zero attached hydrogens (tertiary/aromatic N) is 1. The lowest BCUT2D eigenvalue weighted by atomic mass is 10.1. The first-order valence-corrected chi connectivity index (χ1v) is 4.85. The minimum absolute atomic E-state index is 0.241. The molecule has 0 aromatic heterocycles. The van der Waals surface area contributed by atoms with Gasteiger partial charge in [0, 0.05) is 5.56 Å². The Balaban J connectivity index is 3.16. The summed E-state index contributed by atoms with van der Waals surface area (Å²) in [6.07, 6.45) is -7.50. The van der Waals surface area contributed by atoms with E-state index in [0.29, 0.717) is 6.07 Å². The van der Waals surface area contributed by atoms with Gasteiger partial charge >= 0.3 is 6.18 Å². The summed E-state index contributed by atoms with van der Waals surface area (Å²) in [4.78, 5) is 0. The van der Waals surface area contributed by atoms with E-state index >= 15 is 0 Å². The van der Waals surface area contributed by atoms with Gasteiger partial charge in [-0.1, -0.05) is 5.16 Å². The molecule has 0 bridgehead atoms. The number of alkyl halides is 5. The Morgan fingerprint density at radius 2 is 2.00 bits per heavy atom. The maximum atomic E-state index is 12.6. The van der Waals surface area contributed by atoms with Crippen LogP contribution in [0.15, 0.2) is 23.4 Å². The van der Waals surface area contributed by atoms with Crippen LogP contribution in [-0.4, -0.2) is 24.1 Å². The monoisotopic (exact) mass is 284 g/mol. The zero-order valence-electron chi connectivity index (χ0n) is 9.29.